The van der Waals surface area contributed by atoms with Gasteiger partial charge in [-0.15, -0.1) is 0 Å². The number of anilines is 2. The van der Waals surface area contributed by atoms with E-state index in [2.05, 4.69) is 5.32 Å². The number of hydrogen-bond donors (Lipinski definition) is 2. The van der Waals surface area contributed by atoms with Gasteiger partial charge >= 0.3 is 0 Å². The molecule has 0 heterocycles. The SMILES string of the molecule is CNc1cccc(Oc2ccc(N)cc2)c1. The van der Waals surface area contributed by atoms with Crippen LogP contribution in [0.15, 0.2) is 48.5 Å². The molecule has 2 rings (SSSR count). The van der Waals surface area contributed by atoms with Crippen molar-refractivity contribution in [1.29, 1.82) is 0 Å². The van der Waals surface area contributed by atoms with Gasteiger partial charge in [0.1, 0.15) is 11.5 Å². The van der Waals surface area contributed by atoms with Crippen LogP contribution < -0.4 is 15.8 Å². The fraction of sp³-hybridized carbons (Fsp3) is 0.0769. The molecule has 0 saturated heterocycles. The van der Waals surface area contributed by atoms with Crippen molar-refractivity contribution in [3.63, 3.8) is 0 Å². The first-order valence-corrected chi connectivity index (χ1v) is 5.09. The average molecular weight is 214 g/mol. The summed E-state index contributed by atoms with van der Waals surface area (Å²) >= 11 is 0. The molecular formula is C13H14N2O. The third-order valence-electron chi connectivity index (χ3n) is 2.24. The fourth-order valence-corrected chi connectivity index (χ4v) is 1.39. The first kappa shape index (κ1) is 10.4. The quantitative estimate of drug-likeness (QED) is 0.772. The molecule has 0 spiro atoms. The molecule has 0 bridgehead atoms. The van der Waals surface area contributed by atoms with Crippen molar-refractivity contribution < 1.29 is 4.74 Å². The Bertz CT molecular complexity index is 466. The topological polar surface area (TPSA) is 47.3 Å². The van der Waals surface area contributed by atoms with Crippen LogP contribution in [0.5, 0.6) is 11.5 Å². The Balaban J connectivity index is 2.16. The monoisotopic (exact) mass is 214 g/mol. The molecule has 2 aromatic rings. The van der Waals surface area contributed by atoms with Crippen LogP contribution in [0.2, 0.25) is 0 Å². The maximum absolute atomic E-state index is 5.68. The van der Waals surface area contributed by atoms with E-state index < -0.39 is 0 Å². The molecule has 0 aromatic heterocycles. The Kier molecular flexibility index (Phi) is 2.96. The number of nitrogens with two attached hydrogens (primary N) is 1. The Morgan fingerprint density at radius 2 is 1.75 bits per heavy atom. The molecule has 0 saturated carbocycles. The lowest BCUT2D eigenvalue weighted by molar-refractivity contribution is 0.483. The molecule has 2 aromatic carbocycles. The second-order valence-electron chi connectivity index (χ2n) is 3.45. The Morgan fingerprint density at radius 1 is 1.00 bits per heavy atom. The lowest BCUT2D eigenvalue weighted by Gasteiger charge is -2.07. The van der Waals surface area contributed by atoms with E-state index in [4.69, 9.17) is 10.5 Å². The molecule has 0 aliphatic carbocycles. The number of ether oxygens (including phenoxy) is 1. The molecule has 0 radical (unpaired) electrons. The average Bonchev–Trinajstić information content (AvgIpc) is 2.32. The predicted molar refractivity (Wildman–Crippen MR) is 66.9 cm³/mol. The number of rotatable bonds is 3. The van der Waals surface area contributed by atoms with Crippen LogP contribution in [0.3, 0.4) is 0 Å². The number of hydrogen-bond acceptors (Lipinski definition) is 3. The summed E-state index contributed by atoms with van der Waals surface area (Å²) in [6.07, 6.45) is 0. The molecular weight excluding hydrogens is 200 g/mol. The van der Waals surface area contributed by atoms with Gasteiger partial charge < -0.3 is 15.8 Å². The molecule has 3 nitrogen and oxygen atoms in total. The normalized spacial score (nSPS) is 9.81. The summed E-state index contributed by atoms with van der Waals surface area (Å²) in [5.74, 6) is 1.58. The van der Waals surface area contributed by atoms with Gasteiger partial charge in [-0.3, -0.25) is 0 Å². The lowest BCUT2D eigenvalue weighted by Crippen LogP contribution is -1.89. The number of benzene rings is 2. The van der Waals surface area contributed by atoms with E-state index in [1.165, 1.54) is 0 Å². The van der Waals surface area contributed by atoms with Crippen molar-refractivity contribution in [2.75, 3.05) is 18.1 Å². The highest BCUT2D eigenvalue weighted by Gasteiger charge is 1.97. The molecule has 0 unspecified atom stereocenters. The highest BCUT2D eigenvalue weighted by Crippen LogP contribution is 2.24. The van der Waals surface area contributed by atoms with E-state index in [-0.39, 0.29) is 0 Å². The van der Waals surface area contributed by atoms with E-state index >= 15 is 0 Å². The largest absolute Gasteiger partial charge is 0.457 e. The van der Waals surface area contributed by atoms with Crippen molar-refractivity contribution in [3.05, 3.63) is 48.5 Å². The van der Waals surface area contributed by atoms with Crippen LogP contribution >= 0.6 is 0 Å². The second kappa shape index (κ2) is 4.57. The van der Waals surface area contributed by atoms with E-state index in [1.54, 1.807) is 0 Å². The smallest absolute Gasteiger partial charge is 0.129 e. The minimum Gasteiger partial charge on any atom is -0.457 e. The second-order valence-corrected chi connectivity index (χ2v) is 3.45. The van der Waals surface area contributed by atoms with Crippen LogP contribution in [0, 0.1) is 0 Å². The van der Waals surface area contributed by atoms with Gasteiger partial charge in [-0.2, -0.15) is 0 Å². The van der Waals surface area contributed by atoms with Crippen molar-refractivity contribution >= 4 is 11.4 Å². The zero-order chi connectivity index (χ0) is 11.4. The molecule has 0 aliphatic heterocycles. The highest BCUT2D eigenvalue weighted by molar-refractivity contribution is 5.49. The Hall–Kier alpha value is -2.16. The third-order valence-corrected chi connectivity index (χ3v) is 2.24. The molecule has 0 atom stereocenters. The zero-order valence-electron chi connectivity index (χ0n) is 9.10. The van der Waals surface area contributed by atoms with Gasteiger partial charge in [-0.05, 0) is 36.4 Å². The van der Waals surface area contributed by atoms with Crippen LogP contribution in [-0.4, -0.2) is 7.05 Å². The van der Waals surface area contributed by atoms with Crippen molar-refractivity contribution in [2.24, 2.45) is 0 Å². The summed E-state index contributed by atoms with van der Waals surface area (Å²) in [4.78, 5) is 0. The fourth-order valence-electron chi connectivity index (χ4n) is 1.39. The Labute approximate surface area is 94.9 Å². The molecule has 16 heavy (non-hydrogen) atoms. The minimum atomic E-state index is 0.733. The molecule has 0 amide bonds. The number of nitrogen functional groups attached to an aromatic ring is 1. The first-order valence-electron chi connectivity index (χ1n) is 5.09. The summed E-state index contributed by atoms with van der Waals surface area (Å²) in [5.41, 5.74) is 7.35. The van der Waals surface area contributed by atoms with Gasteiger partial charge in [0.05, 0.1) is 0 Å². The lowest BCUT2D eigenvalue weighted by atomic mass is 10.3. The highest BCUT2D eigenvalue weighted by atomic mass is 16.5. The van der Waals surface area contributed by atoms with Crippen molar-refractivity contribution in [2.45, 2.75) is 0 Å². The van der Waals surface area contributed by atoms with E-state index in [1.807, 2.05) is 55.6 Å². The van der Waals surface area contributed by atoms with Gasteiger partial charge in [0.2, 0.25) is 0 Å². The van der Waals surface area contributed by atoms with Gasteiger partial charge in [0.25, 0.3) is 0 Å². The van der Waals surface area contributed by atoms with Crippen LogP contribution in [0.4, 0.5) is 11.4 Å². The molecule has 0 fully saturated rings. The molecule has 0 aliphatic rings. The number of nitrogens with one attached hydrogen (secondary N) is 1. The van der Waals surface area contributed by atoms with Crippen LogP contribution in [0.25, 0.3) is 0 Å². The van der Waals surface area contributed by atoms with Crippen molar-refractivity contribution in [1.82, 2.24) is 0 Å². The molecule has 3 heteroatoms. The summed E-state index contributed by atoms with van der Waals surface area (Å²) in [5, 5.41) is 3.06. The van der Waals surface area contributed by atoms with Gasteiger partial charge in [-0.25, -0.2) is 0 Å². The van der Waals surface area contributed by atoms with Gasteiger partial charge in [0, 0.05) is 24.5 Å². The van der Waals surface area contributed by atoms with Crippen LogP contribution in [0.1, 0.15) is 0 Å². The van der Waals surface area contributed by atoms with E-state index in [9.17, 15) is 0 Å². The predicted octanol–water partition coefficient (Wildman–Crippen LogP) is 3.10. The summed E-state index contributed by atoms with van der Waals surface area (Å²) < 4.78 is 5.68. The first-order chi connectivity index (χ1) is 7.78. The van der Waals surface area contributed by atoms with Crippen LogP contribution in [-0.2, 0) is 0 Å². The summed E-state index contributed by atoms with van der Waals surface area (Å²) in [7, 11) is 1.88. The van der Waals surface area contributed by atoms with Gasteiger partial charge in [0.15, 0.2) is 0 Å². The minimum absolute atomic E-state index is 0.733. The molecule has 3 N–H and O–H groups in total. The maximum atomic E-state index is 5.68. The Morgan fingerprint density at radius 3 is 2.44 bits per heavy atom. The summed E-state index contributed by atoms with van der Waals surface area (Å²) in [6, 6.07) is 15.1. The maximum Gasteiger partial charge on any atom is 0.129 e. The molecule has 82 valence electrons. The van der Waals surface area contributed by atoms with Gasteiger partial charge in [-0.1, -0.05) is 6.07 Å². The standard InChI is InChI=1S/C13H14N2O/c1-15-11-3-2-4-13(9-11)16-12-7-5-10(14)6-8-12/h2-9,15H,14H2,1H3. The zero-order valence-corrected chi connectivity index (χ0v) is 9.10. The van der Waals surface area contributed by atoms with Crippen molar-refractivity contribution in [3.8, 4) is 11.5 Å². The van der Waals surface area contributed by atoms with E-state index in [0.717, 1.165) is 22.9 Å². The van der Waals surface area contributed by atoms with E-state index in [0.29, 0.717) is 0 Å². The summed E-state index contributed by atoms with van der Waals surface area (Å²) in [6.45, 7) is 0. The third kappa shape index (κ3) is 2.45.